The first kappa shape index (κ1) is 14.3. The van der Waals surface area contributed by atoms with E-state index in [4.69, 9.17) is 5.73 Å². The zero-order valence-corrected chi connectivity index (χ0v) is 12.9. The molecule has 2 atom stereocenters. The van der Waals surface area contributed by atoms with Gasteiger partial charge in [-0.15, -0.1) is 0 Å². The summed E-state index contributed by atoms with van der Waals surface area (Å²) in [6.07, 6.45) is 1.02. The van der Waals surface area contributed by atoms with Crippen LogP contribution in [0.1, 0.15) is 49.0 Å². The Morgan fingerprint density at radius 1 is 1.00 bits per heavy atom. The van der Waals surface area contributed by atoms with Crippen LogP contribution in [0.4, 0.5) is 0 Å². The summed E-state index contributed by atoms with van der Waals surface area (Å²) in [5.74, 6) is 0. The van der Waals surface area contributed by atoms with Crippen molar-refractivity contribution in [2.24, 2.45) is 5.73 Å². The normalized spacial score (nSPS) is 21.0. The Morgan fingerprint density at radius 2 is 1.62 bits per heavy atom. The molecule has 21 heavy (non-hydrogen) atoms. The molecule has 2 nitrogen and oxygen atoms in total. The van der Waals surface area contributed by atoms with Crippen molar-refractivity contribution in [1.29, 1.82) is 0 Å². The number of nitrogens with zero attached hydrogens (tertiary/aromatic N) is 1. The van der Waals surface area contributed by atoms with Crippen molar-refractivity contribution >= 4 is 0 Å². The van der Waals surface area contributed by atoms with Crippen LogP contribution in [-0.4, -0.2) is 10.9 Å². The van der Waals surface area contributed by atoms with Crippen LogP contribution in [-0.2, 0) is 6.54 Å². The van der Waals surface area contributed by atoms with Gasteiger partial charge < -0.3 is 5.73 Å². The molecule has 0 heterocycles. The van der Waals surface area contributed by atoms with Crippen LogP contribution in [0.5, 0.6) is 0 Å². The smallest absolute Gasteiger partial charge is 0.0375 e. The van der Waals surface area contributed by atoms with E-state index in [1.165, 1.54) is 16.7 Å². The van der Waals surface area contributed by atoms with Gasteiger partial charge in [-0.2, -0.15) is 0 Å². The summed E-state index contributed by atoms with van der Waals surface area (Å²) >= 11 is 0. The summed E-state index contributed by atoms with van der Waals surface area (Å²) in [5.41, 5.74) is 10.4. The fourth-order valence-electron chi connectivity index (χ4n) is 3.41. The number of hydrogen-bond acceptors (Lipinski definition) is 2. The predicted molar refractivity (Wildman–Crippen MR) is 87.8 cm³/mol. The number of hydrogen-bond donors (Lipinski definition) is 1. The summed E-state index contributed by atoms with van der Waals surface area (Å²) in [5, 5.41) is 0. The third-order valence-corrected chi connectivity index (χ3v) is 4.50. The zero-order chi connectivity index (χ0) is 14.8. The second-order valence-electron chi connectivity index (χ2n) is 6.24. The highest BCUT2D eigenvalue weighted by Gasteiger charge is 2.33. The fourth-order valence-corrected chi connectivity index (χ4v) is 3.41. The summed E-state index contributed by atoms with van der Waals surface area (Å²) in [7, 11) is 0. The quantitative estimate of drug-likeness (QED) is 0.915. The number of nitrogens with two attached hydrogens (primary N) is 1. The predicted octanol–water partition coefficient (Wildman–Crippen LogP) is 4.04. The molecule has 0 aromatic heterocycles. The topological polar surface area (TPSA) is 29.3 Å². The lowest BCUT2D eigenvalue weighted by atomic mass is 10.0. The lowest BCUT2D eigenvalue weighted by Gasteiger charge is -2.33. The van der Waals surface area contributed by atoms with Gasteiger partial charge in [0, 0.05) is 24.7 Å². The van der Waals surface area contributed by atoms with Gasteiger partial charge in [0.15, 0.2) is 0 Å². The molecule has 0 saturated heterocycles. The molecule has 3 rings (SSSR count). The molecule has 1 aliphatic carbocycles. The first-order valence-corrected chi connectivity index (χ1v) is 7.81. The van der Waals surface area contributed by atoms with Gasteiger partial charge in [-0.3, -0.25) is 4.90 Å². The largest absolute Gasteiger partial charge is 0.324 e. The van der Waals surface area contributed by atoms with E-state index in [0.717, 1.165) is 13.0 Å². The molecule has 0 radical (unpaired) electrons. The number of rotatable bonds is 4. The van der Waals surface area contributed by atoms with E-state index in [0.29, 0.717) is 12.1 Å². The maximum Gasteiger partial charge on any atom is 0.0375 e. The van der Waals surface area contributed by atoms with E-state index in [9.17, 15) is 0 Å². The molecule has 2 N–H and O–H groups in total. The summed E-state index contributed by atoms with van der Waals surface area (Å²) in [4.78, 5) is 2.57. The Hall–Kier alpha value is -1.64. The molecule has 0 saturated carbocycles. The average molecular weight is 280 g/mol. The first-order valence-electron chi connectivity index (χ1n) is 7.81. The van der Waals surface area contributed by atoms with Crippen LogP contribution in [0.15, 0.2) is 54.6 Å². The van der Waals surface area contributed by atoms with Gasteiger partial charge in [0.25, 0.3) is 0 Å². The molecule has 110 valence electrons. The molecule has 1 aliphatic rings. The molecule has 2 unspecified atom stereocenters. The summed E-state index contributed by atoms with van der Waals surface area (Å²) in [6.45, 7) is 5.52. The van der Waals surface area contributed by atoms with Crippen LogP contribution in [0.25, 0.3) is 0 Å². The zero-order valence-electron chi connectivity index (χ0n) is 12.9. The van der Waals surface area contributed by atoms with Gasteiger partial charge in [0.2, 0.25) is 0 Å². The highest BCUT2D eigenvalue weighted by Crippen LogP contribution is 2.42. The van der Waals surface area contributed by atoms with E-state index in [2.05, 4.69) is 73.3 Å². The van der Waals surface area contributed by atoms with Gasteiger partial charge in [-0.25, -0.2) is 0 Å². The first-order chi connectivity index (χ1) is 10.2. The van der Waals surface area contributed by atoms with Gasteiger partial charge >= 0.3 is 0 Å². The molecule has 2 heteroatoms. The Morgan fingerprint density at radius 3 is 2.29 bits per heavy atom. The average Bonchev–Trinajstić information content (AvgIpc) is 2.83. The molecule has 0 spiro atoms. The van der Waals surface area contributed by atoms with E-state index in [1.807, 2.05) is 0 Å². The standard InChI is InChI=1S/C19H24N2/c1-14(2)21(13-15-8-4-3-5-9-15)19-12-18(20)16-10-6-7-11-17(16)19/h3-11,14,18-19H,12-13,20H2,1-2H3. The Balaban J connectivity index is 1.89. The second-order valence-corrected chi connectivity index (χ2v) is 6.24. The lowest BCUT2D eigenvalue weighted by molar-refractivity contribution is 0.140. The van der Waals surface area contributed by atoms with Gasteiger partial charge in [0.1, 0.15) is 0 Å². The van der Waals surface area contributed by atoms with Crippen molar-refractivity contribution in [3.05, 3.63) is 71.3 Å². The summed E-state index contributed by atoms with van der Waals surface area (Å²) < 4.78 is 0. The van der Waals surface area contributed by atoms with E-state index >= 15 is 0 Å². The van der Waals surface area contributed by atoms with Crippen molar-refractivity contribution in [1.82, 2.24) is 4.90 Å². The van der Waals surface area contributed by atoms with Crippen LogP contribution >= 0.6 is 0 Å². The van der Waals surface area contributed by atoms with Gasteiger partial charge in [-0.1, -0.05) is 54.6 Å². The minimum atomic E-state index is 0.170. The van der Waals surface area contributed by atoms with Crippen LogP contribution < -0.4 is 5.73 Å². The molecule has 2 aromatic carbocycles. The Bertz CT molecular complexity index is 592. The fraction of sp³-hybridized carbons (Fsp3) is 0.368. The molecule has 2 aromatic rings. The highest BCUT2D eigenvalue weighted by atomic mass is 15.2. The van der Waals surface area contributed by atoms with E-state index < -0.39 is 0 Å². The van der Waals surface area contributed by atoms with Gasteiger partial charge in [0.05, 0.1) is 0 Å². The Kier molecular flexibility index (Phi) is 4.09. The monoisotopic (exact) mass is 280 g/mol. The minimum Gasteiger partial charge on any atom is -0.324 e. The van der Waals surface area contributed by atoms with E-state index in [-0.39, 0.29) is 6.04 Å². The minimum absolute atomic E-state index is 0.170. The SMILES string of the molecule is CC(C)N(Cc1ccccc1)C1CC(N)c2ccccc21. The van der Waals surface area contributed by atoms with Crippen molar-refractivity contribution in [2.75, 3.05) is 0 Å². The van der Waals surface area contributed by atoms with E-state index in [1.54, 1.807) is 0 Å². The number of benzene rings is 2. The third kappa shape index (κ3) is 2.87. The molecule has 0 aliphatic heterocycles. The molecular formula is C19H24N2. The maximum atomic E-state index is 6.34. The van der Waals surface area contributed by atoms with Crippen molar-refractivity contribution in [2.45, 2.75) is 44.9 Å². The van der Waals surface area contributed by atoms with Crippen molar-refractivity contribution in [3.63, 3.8) is 0 Å². The highest BCUT2D eigenvalue weighted by molar-refractivity contribution is 5.37. The Labute approximate surface area is 127 Å². The van der Waals surface area contributed by atoms with Crippen LogP contribution in [0.3, 0.4) is 0 Å². The van der Waals surface area contributed by atoms with Crippen LogP contribution in [0, 0.1) is 0 Å². The number of fused-ring (bicyclic) bond motifs is 1. The lowest BCUT2D eigenvalue weighted by Crippen LogP contribution is -2.33. The second kappa shape index (κ2) is 6.00. The van der Waals surface area contributed by atoms with Gasteiger partial charge in [-0.05, 0) is 37.0 Å². The maximum absolute atomic E-state index is 6.34. The van der Waals surface area contributed by atoms with Crippen LogP contribution in [0.2, 0.25) is 0 Å². The molecule has 0 fully saturated rings. The third-order valence-electron chi connectivity index (χ3n) is 4.50. The van der Waals surface area contributed by atoms with Crippen molar-refractivity contribution < 1.29 is 0 Å². The summed E-state index contributed by atoms with van der Waals surface area (Å²) in [6, 6.07) is 20.4. The molecule has 0 amide bonds. The molecule has 0 bridgehead atoms. The van der Waals surface area contributed by atoms with Crippen molar-refractivity contribution in [3.8, 4) is 0 Å². The molecular weight excluding hydrogens is 256 g/mol.